The summed E-state index contributed by atoms with van der Waals surface area (Å²) >= 11 is 0. The van der Waals surface area contributed by atoms with Crippen molar-refractivity contribution >= 4 is 5.96 Å². The standard InChI is InChI=1S/C17H25N5O2/c1-12-21-15(22-24-12)11-20-16(18-5)19-10-13-8-6-7-9-14(13)23-17(2,3)4/h6-9H,10-11H2,1-5H3,(H2,18,19,20). The van der Waals surface area contributed by atoms with Crippen molar-refractivity contribution in [2.75, 3.05) is 7.05 Å². The molecule has 130 valence electrons. The zero-order chi connectivity index (χ0) is 17.6. The number of aromatic nitrogens is 2. The molecule has 0 aliphatic carbocycles. The number of guanidine groups is 1. The predicted octanol–water partition coefficient (Wildman–Crippen LogP) is 2.42. The highest BCUT2D eigenvalue weighted by Gasteiger charge is 2.14. The summed E-state index contributed by atoms with van der Waals surface area (Å²) < 4.78 is 10.9. The molecule has 7 nitrogen and oxygen atoms in total. The molecule has 0 bridgehead atoms. The maximum absolute atomic E-state index is 6.00. The van der Waals surface area contributed by atoms with E-state index in [1.807, 2.05) is 45.0 Å². The van der Waals surface area contributed by atoms with E-state index in [9.17, 15) is 0 Å². The molecule has 24 heavy (non-hydrogen) atoms. The molecule has 1 heterocycles. The van der Waals surface area contributed by atoms with Gasteiger partial charge in [-0.25, -0.2) is 0 Å². The van der Waals surface area contributed by atoms with Crippen LogP contribution in [0.3, 0.4) is 0 Å². The predicted molar refractivity (Wildman–Crippen MR) is 92.9 cm³/mol. The topological polar surface area (TPSA) is 84.6 Å². The first-order valence-electron chi connectivity index (χ1n) is 7.88. The second kappa shape index (κ2) is 7.81. The molecule has 0 saturated heterocycles. The highest BCUT2D eigenvalue weighted by molar-refractivity contribution is 5.79. The van der Waals surface area contributed by atoms with E-state index in [-0.39, 0.29) is 5.60 Å². The van der Waals surface area contributed by atoms with Crippen LogP contribution < -0.4 is 15.4 Å². The quantitative estimate of drug-likeness (QED) is 0.646. The highest BCUT2D eigenvalue weighted by atomic mass is 16.5. The molecule has 0 unspecified atom stereocenters. The molecule has 2 aromatic rings. The Bertz CT molecular complexity index is 688. The first kappa shape index (κ1) is 17.8. The average Bonchev–Trinajstić information content (AvgIpc) is 2.93. The van der Waals surface area contributed by atoms with Crippen LogP contribution >= 0.6 is 0 Å². The van der Waals surface area contributed by atoms with Gasteiger partial charge in [0.2, 0.25) is 5.89 Å². The Kier molecular flexibility index (Phi) is 5.78. The van der Waals surface area contributed by atoms with E-state index in [1.165, 1.54) is 0 Å². The monoisotopic (exact) mass is 331 g/mol. The number of nitrogens with zero attached hydrogens (tertiary/aromatic N) is 3. The number of hydrogen-bond acceptors (Lipinski definition) is 5. The SMILES string of the molecule is CN=C(NCc1noc(C)n1)NCc1ccccc1OC(C)(C)C. The number of benzene rings is 1. The lowest BCUT2D eigenvalue weighted by atomic mass is 10.1. The van der Waals surface area contributed by atoms with Crippen molar-refractivity contribution in [3.8, 4) is 5.75 Å². The summed E-state index contributed by atoms with van der Waals surface area (Å²) in [5, 5.41) is 10.3. The first-order chi connectivity index (χ1) is 11.4. The lowest BCUT2D eigenvalue weighted by molar-refractivity contribution is 0.129. The van der Waals surface area contributed by atoms with Crippen LogP contribution in [0.15, 0.2) is 33.8 Å². The van der Waals surface area contributed by atoms with Gasteiger partial charge >= 0.3 is 0 Å². The lowest BCUT2D eigenvalue weighted by Gasteiger charge is -2.23. The van der Waals surface area contributed by atoms with Crippen LogP contribution in [-0.2, 0) is 13.1 Å². The van der Waals surface area contributed by atoms with E-state index < -0.39 is 0 Å². The molecule has 0 atom stereocenters. The Morgan fingerprint density at radius 3 is 2.54 bits per heavy atom. The largest absolute Gasteiger partial charge is 0.488 e. The van der Waals surface area contributed by atoms with Crippen molar-refractivity contribution in [3.63, 3.8) is 0 Å². The number of para-hydroxylation sites is 1. The Morgan fingerprint density at radius 1 is 1.21 bits per heavy atom. The minimum absolute atomic E-state index is 0.244. The molecule has 0 fully saturated rings. The fourth-order valence-electron chi connectivity index (χ4n) is 2.05. The van der Waals surface area contributed by atoms with Gasteiger partial charge in [0.15, 0.2) is 11.8 Å². The third-order valence-corrected chi connectivity index (χ3v) is 3.04. The van der Waals surface area contributed by atoms with Crippen molar-refractivity contribution in [2.45, 2.75) is 46.4 Å². The Labute approximate surface area is 142 Å². The summed E-state index contributed by atoms with van der Waals surface area (Å²) in [6.07, 6.45) is 0. The summed E-state index contributed by atoms with van der Waals surface area (Å²) in [6.45, 7) is 8.89. The maximum Gasteiger partial charge on any atom is 0.223 e. The van der Waals surface area contributed by atoms with E-state index in [2.05, 4.69) is 25.8 Å². The summed E-state index contributed by atoms with van der Waals surface area (Å²) in [5.41, 5.74) is 0.817. The molecular weight excluding hydrogens is 306 g/mol. The number of rotatable bonds is 5. The number of ether oxygens (including phenoxy) is 1. The van der Waals surface area contributed by atoms with Gasteiger partial charge in [-0.2, -0.15) is 4.98 Å². The zero-order valence-corrected chi connectivity index (χ0v) is 14.9. The van der Waals surface area contributed by atoms with E-state index in [1.54, 1.807) is 14.0 Å². The van der Waals surface area contributed by atoms with Crippen LogP contribution in [0.4, 0.5) is 0 Å². The van der Waals surface area contributed by atoms with Gasteiger partial charge in [0, 0.05) is 26.1 Å². The van der Waals surface area contributed by atoms with Crippen molar-refractivity contribution in [1.29, 1.82) is 0 Å². The third kappa shape index (κ3) is 5.57. The molecule has 1 aromatic heterocycles. The summed E-state index contributed by atoms with van der Waals surface area (Å²) in [5.74, 6) is 2.65. The van der Waals surface area contributed by atoms with Gasteiger partial charge in [0.25, 0.3) is 0 Å². The normalized spacial score (nSPS) is 12.1. The van der Waals surface area contributed by atoms with Gasteiger partial charge in [-0.1, -0.05) is 23.4 Å². The zero-order valence-electron chi connectivity index (χ0n) is 14.9. The first-order valence-corrected chi connectivity index (χ1v) is 7.88. The van der Waals surface area contributed by atoms with E-state index in [4.69, 9.17) is 9.26 Å². The smallest absolute Gasteiger partial charge is 0.223 e. The van der Waals surface area contributed by atoms with E-state index >= 15 is 0 Å². The molecule has 0 amide bonds. The van der Waals surface area contributed by atoms with Crippen molar-refractivity contribution < 1.29 is 9.26 Å². The number of hydrogen-bond donors (Lipinski definition) is 2. The summed E-state index contributed by atoms with van der Waals surface area (Å²) in [6, 6.07) is 7.96. The van der Waals surface area contributed by atoms with Gasteiger partial charge in [-0.3, -0.25) is 4.99 Å². The van der Waals surface area contributed by atoms with Crippen LogP contribution in [0.1, 0.15) is 38.0 Å². The molecule has 0 aliphatic heterocycles. The maximum atomic E-state index is 6.00. The minimum Gasteiger partial charge on any atom is -0.488 e. The lowest BCUT2D eigenvalue weighted by Crippen LogP contribution is -2.36. The molecule has 0 spiro atoms. The molecule has 1 aromatic carbocycles. The van der Waals surface area contributed by atoms with Crippen LogP contribution in [-0.4, -0.2) is 28.7 Å². The Balaban J connectivity index is 1.93. The fraction of sp³-hybridized carbons (Fsp3) is 0.471. The number of aryl methyl sites for hydroxylation is 1. The molecule has 2 rings (SSSR count). The summed E-state index contributed by atoms with van der Waals surface area (Å²) in [7, 11) is 1.72. The van der Waals surface area contributed by atoms with Gasteiger partial charge in [0.1, 0.15) is 11.4 Å². The molecular formula is C17H25N5O2. The number of aliphatic imine (C=N–C) groups is 1. The molecule has 2 N–H and O–H groups in total. The number of nitrogens with one attached hydrogen (secondary N) is 2. The van der Waals surface area contributed by atoms with Crippen molar-refractivity contribution in [1.82, 2.24) is 20.8 Å². The fourth-order valence-corrected chi connectivity index (χ4v) is 2.05. The van der Waals surface area contributed by atoms with Gasteiger partial charge < -0.3 is 19.9 Å². The van der Waals surface area contributed by atoms with Crippen LogP contribution in [0.25, 0.3) is 0 Å². The van der Waals surface area contributed by atoms with Gasteiger partial charge in [-0.05, 0) is 26.8 Å². The molecule has 0 saturated carbocycles. The van der Waals surface area contributed by atoms with Crippen molar-refractivity contribution in [2.24, 2.45) is 4.99 Å². The average molecular weight is 331 g/mol. The van der Waals surface area contributed by atoms with Gasteiger partial charge in [-0.15, -0.1) is 0 Å². The second-order valence-corrected chi connectivity index (χ2v) is 6.33. The Hall–Kier alpha value is -2.57. The van der Waals surface area contributed by atoms with E-state index in [0.717, 1.165) is 11.3 Å². The molecule has 0 radical (unpaired) electrons. The van der Waals surface area contributed by atoms with Crippen LogP contribution in [0.5, 0.6) is 5.75 Å². The van der Waals surface area contributed by atoms with E-state index in [0.29, 0.717) is 30.8 Å². The van der Waals surface area contributed by atoms with Crippen LogP contribution in [0.2, 0.25) is 0 Å². The second-order valence-electron chi connectivity index (χ2n) is 6.33. The van der Waals surface area contributed by atoms with Gasteiger partial charge in [0.05, 0.1) is 6.54 Å². The van der Waals surface area contributed by atoms with Crippen LogP contribution in [0, 0.1) is 6.92 Å². The highest BCUT2D eigenvalue weighted by Crippen LogP contribution is 2.22. The minimum atomic E-state index is -0.244. The van der Waals surface area contributed by atoms with Crippen molar-refractivity contribution in [3.05, 3.63) is 41.5 Å². The Morgan fingerprint density at radius 2 is 1.92 bits per heavy atom. The molecule has 0 aliphatic rings. The third-order valence-electron chi connectivity index (χ3n) is 3.04. The summed E-state index contributed by atoms with van der Waals surface area (Å²) in [4.78, 5) is 8.34. The molecule has 7 heteroatoms.